The molecule has 10 heteroatoms. The average Bonchev–Trinajstić information content (AvgIpc) is 3.23. The van der Waals surface area contributed by atoms with E-state index in [9.17, 15) is 23.2 Å². The molecule has 2 aromatic rings. The van der Waals surface area contributed by atoms with Gasteiger partial charge in [0.1, 0.15) is 29.4 Å². The second kappa shape index (κ2) is 10.7. The summed E-state index contributed by atoms with van der Waals surface area (Å²) in [5, 5.41) is 7.77. The van der Waals surface area contributed by atoms with Crippen LogP contribution in [0, 0.1) is 11.6 Å². The number of rotatable bonds is 8. The number of ether oxygens (including phenoxy) is 1. The van der Waals surface area contributed by atoms with Gasteiger partial charge in [0.25, 0.3) is 5.91 Å². The molecule has 0 radical (unpaired) electrons. The number of carbonyl (C=O) groups excluding carboxylic acids is 3. The lowest BCUT2D eigenvalue weighted by Crippen LogP contribution is -2.57. The van der Waals surface area contributed by atoms with Gasteiger partial charge in [-0.1, -0.05) is 30.3 Å². The zero-order chi connectivity index (χ0) is 25.0. The fraction of sp³-hybridized carbons (Fsp3) is 0.375. The molecular weight excluding hydrogens is 446 g/mol. The highest BCUT2D eigenvalue weighted by Crippen LogP contribution is 2.35. The van der Waals surface area contributed by atoms with Gasteiger partial charge >= 0.3 is 0 Å². The van der Waals surface area contributed by atoms with Gasteiger partial charge in [-0.2, -0.15) is 0 Å². The number of nitrogens with zero attached hydrogens (tertiary/aromatic N) is 1. The molecule has 0 aliphatic carbocycles. The number of hydrogen-bond acceptors (Lipinski definition) is 5. The van der Waals surface area contributed by atoms with E-state index in [4.69, 9.17) is 4.74 Å². The van der Waals surface area contributed by atoms with Crippen molar-refractivity contribution >= 4 is 23.4 Å². The number of nitrogens with one attached hydrogen (secondary N) is 3. The van der Waals surface area contributed by atoms with Crippen molar-refractivity contribution in [3.05, 3.63) is 65.2 Å². The molecule has 1 heterocycles. The van der Waals surface area contributed by atoms with Gasteiger partial charge in [0.2, 0.25) is 11.8 Å². The summed E-state index contributed by atoms with van der Waals surface area (Å²) in [6.45, 7) is 3.34. The molecule has 34 heavy (non-hydrogen) atoms. The van der Waals surface area contributed by atoms with Gasteiger partial charge in [-0.3, -0.25) is 14.4 Å². The van der Waals surface area contributed by atoms with Crippen molar-refractivity contribution in [3.63, 3.8) is 0 Å². The highest BCUT2D eigenvalue weighted by atomic mass is 19.1. The standard InChI is InChI=1S/C24H28F2N4O4/c1-13(27-3)22(31)28-19(14(2)34-4)24(33)30-12-15-8-5-6-9-16(15)21(30)23(32)29-20-17(25)10-7-11-18(20)26/h5-11,13-14,19,21,27H,12H2,1-4H3,(H,28,31)(H,29,32)/t13?,14-,19-,21-/m0/s1. The molecule has 3 amide bonds. The van der Waals surface area contributed by atoms with Gasteiger partial charge in [0.05, 0.1) is 12.1 Å². The van der Waals surface area contributed by atoms with Crippen molar-refractivity contribution in [2.45, 2.75) is 44.6 Å². The number of amides is 3. The second-order valence-electron chi connectivity index (χ2n) is 8.09. The minimum atomic E-state index is -1.16. The first kappa shape index (κ1) is 25.3. The molecule has 3 rings (SSSR count). The van der Waals surface area contributed by atoms with E-state index in [2.05, 4.69) is 16.0 Å². The molecule has 1 aliphatic rings. The van der Waals surface area contributed by atoms with Gasteiger partial charge in [0, 0.05) is 13.7 Å². The number of halogens is 2. The maximum atomic E-state index is 14.2. The highest BCUT2D eigenvalue weighted by Gasteiger charge is 2.43. The van der Waals surface area contributed by atoms with Crippen molar-refractivity contribution in [2.75, 3.05) is 19.5 Å². The van der Waals surface area contributed by atoms with E-state index < -0.39 is 59.3 Å². The van der Waals surface area contributed by atoms with Gasteiger partial charge in [-0.15, -0.1) is 0 Å². The van der Waals surface area contributed by atoms with Crippen LogP contribution in [0.1, 0.15) is 31.0 Å². The molecule has 2 aromatic carbocycles. The third-order valence-corrected chi connectivity index (χ3v) is 5.98. The zero-order valence-electron chi connectivity index (χ0n) is 19.4. The van der Waals surface area contributed by atoms with Crippen molar-refractivity contribution in [3.8, 4) is 0 Å². The Kier molecular flexibility index (Phi) is 7.95. The Labute approximate surface area is 196 Å². The number of fused-ring (bicyclic) bond motifs is 1. The molecule has 8 nitrogen and oxygen atoms in total. The molecule has 0 fully saturated rings. The van der Waals surface area contributed by atoms with Gasteiger partial charge < -0.3 is 25.6 Å². The lowest BCUT2D eigenvalue weighted by molar-refractivity contribution is -0.145. The smallest absolute Gasteiger partial charge is 0.252 e. The number of carbonyl (C=O) groups is 3. The Morgan fingerprint density at radius 2 is 1.71 bits per heavy atom. The first-order valence-electron chi connectivity index (χ1n) is 10.8. The summed E-state index contributed by atoms with van der Waals surface area (Å²) < 4.78 is 33.7. The van der Waals surface area contributed by atoms with E-state index in [1.807, 2.05) is 0 Å². The lowest BCUT2D eigenvalue weighted by atomic mass is 10.0. The number of hydrogen-bond donors (Lipinski definition) is 3. The Hall–Kier alpha value is -3.37. The molecule has 3 N–H and O–H groups in total. The van der Waals surface area contributed by atoms with Crippen LogP contribution < -0.4 is 16.0 Å². The SMILES string of the molecule is CNC(C)C(=O)N[C@H](C(=O)N1Cc2ccccc2[C@H]1C(=O)Nc1c(F)cccc1F)[C@H](C)OC. The number of likely N-dealkylation sites (N-methyl/N-ethyl adjacent to an activating group) is 1. The van der Waals surface area contributed by atoms with Gasteiger partial charge in [0.15, 0.2) is 0 Å². The third-order valence-electron chi connectivity index (χ3n) is 5.98. The van der Waals surface area contributed by atoms with E-state index in [0.29, 0.717) is 11.1 Å². The minimum Gasteiger partial charge on any atom is -0.379 e. The van der Waals surface area contributed by atoms with Crippen molar-refractivity contribution in [1.82, 2.24) is 15.5 Å². The molecule has 182 valence electrons. The van der Waals surface area contributed by atoms with E-state index in [1.165, 1.54) is 18.1 Å². The van der Waals surface area contributed by atoms with Crippen LogP contribution in [0.5, 0.6) is 0 Å². The summed E-state index contributed by atoms with van der Waals surface area (Å²) in [7, 11) is 3.02. The maximum Gasteiger partial charge on any atom is 0.252 e. The summed E-state index contributed by atoms with van der Waals surface area (Å²) in [6.07, 6.45) is -0.711. The molecule has 0 saturated carbocycles. The Morgan fingerprint density at radius 3 is 2.32 bits per heavy atom. The predicted molar refractivity (Wildman–Crippen MR) is 122 cm³/mol. The maximum absolute atomic E-state index is 14.2. The first-order chi connectivity index (χ1) is 16.2. The second-order valence-corrected chi connectivity index (χ2v) is 8.09. The summed E-state index contributed by atoms with van der Waals surface area (Å²) >= 11 is 0. The normalized spacial score (nSPS) is 17.5. The molecular formula is C24H28F2N4O4. The van der Waals surface area contributed by atoms with Crippen LogP contribution in [0.2, 0.25) is 0 Å². The topological polar surface area (TPSA) is 99.8 Å². The van der Waals surface area contributed by atoms with Crippen LogP contribution in [-0.4, -0.2) is 55.0 Å². The summed E-state index contributed by atoms with van der Waals surface area (Å²) in [4.78, 5) is 40.7. The van der Waals surface area contributed by atoms with Crippen molar-refractivity contribution < 1.29 is 27.9 Å². The predicted octanol–water partition coefficient (Wildman–Crippen LogP) is 2.11. The monoisotopic (exact) mass is 474 g/mol. The number of methoxy groups -OCH3 is 1. The van der Waals surface area contributed by atoms with Gasteiger partial charge in [-0.25, -0.2) is 8.78 Å². The molecule has 0 spiro atoms. The Balaban J connectivity index is 1.95. The number of para-hydroxylation sites is 1. The molecule has 0 bridgehead atoms. The first-order valence-corrected chi connectivity index (χ1v) is 10.8. The summed E-state index contributed by atoms with van der Waals surface area (Å²) in [5.41, 5.74) is 0.648. The quantitative estimate of drug-likeness (QED) is 0.544. The fourth-order valence-corrected chi connectivity index (χ4v) is 3.79. The van der Waals surface area contributed by atoms with Crippen LogP contribution in [0.25, 0.3) is 0 Å². The summed E-state index contributed by atoms with van der Waals surface area (Å²) in [6, 6.07) is 7.34. The van der Waals surface area contributed by atoms with Crippen LogP contribution in [0.4, 0.5) is 14.5 Å². The lowest BCUT2D eigenvalue weighted by Gasteiger charge is -2.31. The molecule has 1 unspecified atom stereocenters. The van der Waals surface area contributed by atoms with E-state index in [0.717, 1.165) is 12.1 Å². The fourth-order valence-electron chi connectivity index (χ4n) is 3.79. The number of benzene rings is 2. The minimum absolute atomic E-state index is 0.0806. The highest BCUT2D eigenvalue weighted by molar-refractivity contribution is 6.00. The van der Waals surface area contributed by atoms with E-state index in [1.54, 1.807) is 45.2 Å². The van der Waals surface area contributed by atoms with E-state index >= 15 is 0 Å². The molecule has 0 aromatic heterocycles. The molecule has 4 atom stereocenters. The van der Waals surface area contributed by atoms with Crippen molar-refractivity contribution in [1.29, 1.82) is 0 Å². The van der Waals surface area contributed by atoms with Crippen molar-refractivity contribution in [2.24, 2.45) is 0 Å². The number of anilines is 1. The third kappa shape index (κ3) is 5.07. The summed E-state index contributed by atoms with van der Waals surface area (Å²) in [5.74, 6) is -3.62. The van der Waals surface area contributed by atoms with Crippen LogP contribution in [0.15, 0.2) is 42.5 Å². The molecule has 1 aliphatic heterocycles. The van der Waals surface area contributed by atoms with Crippen LogP contribution in [-0.2, 0) is 25.7 Å². The van der Waals surface area contributed by atoms with Crippen LogP contribution in [0.3, 0.4) is 0 Å². The Bertz CT molecular complexity index is 1060. The van der Waals surface area contributed by atoms with Gasteiger partial charge in [-0.05, 0) is 44.2 Å². The van der Waals surface area contributed by atoms with Crippen LogP contribution >= 0.6 is 0 Å². The van der Waals surface area contributed by atoms with E-state index in [-0.39, 0.29) is 6.54 Å². The molecule has 0 saturated heterocycles. The largest absolute Gasteiger partial charge is 0.379 e. The average molecular weight is 475 g/mol. The zero-order valence-corrected chi connectivity index (χ0v) is 19.4. The Morgan fingerprint density at radius 1 is 1.06 bits per heavy atom.